The third-order valence-electron chi connectivity index (χ3n) is 4.29. The number of imidazole rings is 1. The molecule has 1 aromatic carbocycles. The molecule has 0 saturated heterocycles. The number of ether oxygens (including phenoxy) is 1. The van der Waals surface area contributed by atoms with Crippen molar-refractivity contribution in [2.45, 2.75) is 32.5 Å². The topological polar surface area (TPSA) is 153 Å². The van der Waals surface area contributed by atoms with Gasteiger partial charge in [-0.05, 0) is 37.5 Å². The molecule has 0 spiro atoms. The lowest BCUT2D eigenvalue weighted by Crippen LogP contribution is -2.06. The number of Topliss-reactive ketones (excluding diaryl/α,β-unsaturated/α-hetero) is 1. The third-order valence-corrected chi connectivity index (χ3v) is 5.07. The fraction of sp³-hybridized carbons (Fsp3) is 0.333. The Kier molecular flexibility index (Phi) is 6.26. The normalized spacial score (nSPS) is 11.7. The molecule has 2 aromatic heterocycles. The van der Waals surface area contributed by atoms with Crippen molar-refractivity contribution in [3.63, 3.8) is 0 Å². The minimum absolute atomic E-state index is 0.227. The molecule has 3 aromatic rings. The first-order valence-electron chi connectivity index (χ1n) is 8.97. The van der Waals surface area contributed by atoms with Crippen molar-refractivity contribution >= 4 is 30.4 Å². The van der Waals surface area contributed by atoms with E-state index in [0.29, 0.717) is 47.0 Å². The Morgan fingerprint density at radius 2 is 2.03 bits per heavy atom. The number of ketones is 1. The lowest BCUT2D eigenvalue weighted by Gasteiger charge is -2.12. The Morgan fingerprint density at radius 1 is 1.24 bits per heavy atom. The Balaban J connectivity index is 1.56. The van der Waals surface area contributed by atoms with Gasteiger partial charge in [-0.2, -0.15) is 0 Å². The smallest absolute Gasteiger partial charge is 0.329 e. The van der Waals surface area contributed by atoms with Gasteiger partial charge in [0.1, 0.15) is 17.6 Å². The number of aromatic nitrogens is 4. The molecule has 3 rings (SSSR count). The van der Waals surface area contributed by atoms with Gasteiger partial charge in [0, 0.05) is 6.54 Å². The van der Waals surface area contributed by atoms with E-state index >= 15 is 0 Å². The Bertz CT molecular complexity index is 1080. The van der Waals surface area contributed by atoms with Crippen molar-refractivity contribution in [1.29, 1.82) is 0 Å². The number of nitrogen functional groups attached to an aromatic ring is 1. The first kappa shape index (κ1) is 20.9. The molecule has 0 saturated carbocycles. The van der Waals surface area contributed by atoms with E-state index in [1.54, 1.807) is 18.5 Å². The number of hydrogen-bond acceptors (Lipinski definition) is 7. The highest BCUT2D eigenvalue weighted by atomic mass is 31.2. The van der Waals surface area contributed by atoms with Crippen molar-refractivity contribution in [3.8, 4) is 5.75 Å². The summed E-state index contributed by atoms with van der Waals surface area (Å²) in [6.45, 7) is 2.46. The van der Waals surface area contributed by atoms with E-state index in [9.17, 15) is 9.36 Å². The number of aryl methyl sites for hydroxylation is 1. The highest BCUT2D eigenvalue weighted by Gasteiger charge is 2.17. The largest absolute Gasteiger partial charge is 0.493 e. The van der Waals surface area contributed by atoms with Gasteiger partial charge < -0.3 is 24.8 Å². The molecular formula is C18H22N5O5P. The van der Waals surface area contributed by atoms with E-state index in [1.807, 2.05) is 4.57 Å². The number of benzene rings is 1. The zero-order valence-corrected chi connectivity index (χ0v) is 16.7. The summed E-state index contributed by atoms with van der Waals surface area (Å²) in [5.41, 5.74) is 7.73. The van der Waals surface area contributed by atoms with Crippen molar-refractivity contribution in [2.75, 3.05) is 12.3 Å². The summed E-state index contributed by atoms with van der Waals surface area (Å²) in [5, 5.41) is 0. The third kappa shape index (κ3) is 5.38. The molecule has 10 nitrogen and oxygen atoms in total. The lowest BCUT2D eigenvalue weighted by atomic mass is 10.1. The van der Waals surface area contributed by atoms with Crippen LogP contribution in [0.15, 0.2) is 30.9 Å². The number of nitrogens with zero attached hydrogens (tertiary/aromatic N) is 4. The van der Waals surface area contributed by atoms with Crippen molar-refractivity contribution in [1.82, 2.24) is 19.5 Å². The second kappa shape index (κ2) is 8.69. The molecule has 0 fully saturated rings. The molecule has 11 heteroatoms. The van der Waals surface area contributed by atoms with Crippen LogP contribution in [0.3, 0.4) is 0 Å². The van der Waals surface area contributed by atoms with Crippen LogP contribution in [-0.4, -0.2) is 41.7 Å². The molecule has 0 radical (unpaired) electrons. The van der Waals surface area contributed by atoms with E-state index in [2.05, 4.69) is 15.0 Å². The predicted molar refractivity (Wildman–Crippen MR) is 107 cm³/mol. The molecule has 0 amide bonds. The summed E-state index contributed by atoms with van der Waals surface area (Å²) < 4.78 is 18.8. The van der Waals surface area contributed by atoms with Crippen LogP contribution >= 0.6 is 7.60 Å². The molecule has 0 aliphatic carbocycles. The number of fused-ring (bicyclic) bond motifs is 1. The molecule has 0 unspecified atom stereocenters. The van der Waals surface area contributed by atoms with Crippen LogP contribution in [0.1, 0.15) is 35.7 Å². The minimum atomic E-state index is -4.20. The number of rotatable bonds is 9. The average Bonchev–Trinajstić information content (AvgIpc) is 3.05. The van der Waals surface area contributed by atoms with Gasteiger partial charge in [-0.1, -0.05) is 6.07 Å². The standard InChI is InChI=1S/C18H22N5O5P/c1-12(24)14-8-13(9-29(25,26)27)4-5-15(14)28-7-3-2-6-23-11-22-16-17(19)20-10-21-18(16)23/h4-5,8,10-11H,2-3,6-7,9H2,1H3,(H2,19,20,21)(H2,25,26,27). The van der Waals surface area contributed by atoms with Gasteiger partial charge in [0.15, 0.2) is 17.2 Å². The van der Waals surface area contributed by atoms with Crippen molar-refractivity contribution < 1.29 is 23.9 Å². The first-order chi connectivity index (χ1) is 13.7. The highest BCUT2D eigenvalue weighted by Crippen LogP contribution is 2.39. The van der Waals surface area contributed by atoms with E-state index in [1.165, 1.54) is 19.3 Å². The van der Waals surface area contributed by atoms with Gasteiger partial charge in [0.25, 0.3) is 0 Å². The molecule has 2 heterocycles. The SMILES string of the molecule is CC(=O)c1cc(CP(=O)(O)O)ccc1OCCCCn1cnc2c(N)ncnc21. The van der Waals surface area contributed by atoms with Gasteiger partial charge in [-0.25, -0.2) is 15.0 Å². The van der Waals surface area contributed by atoms with Crippen LogP contribution in [0.5, 0.6) is 5.75 Å². The fourth-order valence-electron chi connectivity index (χ4n) is 2.94. The van der Waals surface area contributed by atoms with Gasteiger partial charge in [0.2, 0.25) is 0 Å². The van der Waals surface area contributed by atoms with Crippen LogP contribution in [0, 0.1) is 0 Å². The number of nitrogens with two attached hydrogens (primary N) is 1. The summed E-state index contributed by atoms with van der Waals surface area (Å²) in [6.07, 6.45) is 4.17. The zero-order valence-electron chi connectivity index (χ0n) is 15.9. The van der Waals surface area contributed by atoms with Crippen molar-refractivity contribution in [2.24, 2.45) is 0 Å². The van der Waals surface area contributed by atoms with Crippen LogP contribution in [0.4, 0.5) is 5.82 Å². The lowest BCUT2D eigenvalue weighted by molar-refractivity contribution is 0.101. The Morgan fingerprint density at radius 3 is 2.76 bits per heavy atom. The fourth-order valence-corrected chi connectivity index (χ4v) is 3.62. The number of carbonyl (C=O) groups is 1. The molecule has 0 aliphatic rings. The monoisotopic (exact) mass is 419 g/mol. The van der Waals surface area contributed by atoms with Crippen LogP contribution in [0.25, 0.3) is 11.2 Å². The van der Waals surface area contributed by atoms with E-state index in [-0.39, 0.29) is 5.78 Å². The quantitative estimate of drug-likeness (QED) is 0.269. The number of carbonyl (C=O) groups excluding carboxylic acids is 1. The summed E-state index contributed by atoms with van der Waals surface area (Å²) in [6, 6.07) is 4.60. The second-order valence-electron chi connectivity index (χ2n) is 6.63. The predicted octanol–water partition coefficient (Wildman–Crippen LogP) is 2.15. The molecule has 4 N–H and O–H groups in total. The molecule has 29 heavy (non-hydrogen) atoms. The van der Waals surface area contributed by atoms with E-state index < -0.39 is 13.8 Å². The van der Waals surface area contributed by atoms with E-state index in [4.69, 9.17) is 20.3 Å². The van der Waals surface area contributed by atoms with Crippen LogP contribution in [-0.2, 0) is 17.3 Å². The zero-order chi connectivity index (χ0) is 21.0. The maximum absolute atomic E-state index is 11.9. The molecule has 0 bridgehead atoms. The highest BCUT2D eigenvalue weighted by molar-refractivity contribution is 7.50. The molecule has 0 aliphatic heterocycles. The van der Waals surface area contributed by atoms with Gasteiger partial charge in [-0.3, -0.25) is 9.36 Å². The number of unbranched alkanes of at least 4 members (excludes halogenated alkanes) is 1. The molecular weight excluding hydrogens is 397 g/mol. The van der Waals surface area contributed by atoms with Crippen molar-refractivity contribution in [3.05, 3.63) is 42.0 Å². The van der Waals surface area contributed by atoms with Crippen LogP contribution in [0.2, 0.25) is 0 Å². The average molecular weight is 419 g/mol. The van der Waals surface area contributed by atoms with Gasteiger partial charge in [-0.15, -0.1) is 0 Å². The summed E-state index contributed by atoms with van der Waals surface area (Å²) in [5.74, 6) is 0.520. The van der Waals surface area contributed by atoms with Gasteiger partial charge in [0.05, 0.1) is 24.7 Å². The molecule has 154 valence electrons. The molecule has 0 atom stereocenters. The first-order valence-corrected chi connectivity index (χ1v) is 10.8. The summed E-state index contributed by atoms with van der Waals surface area (Å²) in [7, 11) is -4.20. The Hall–Kier alpha value is -2.81. The number of hydrogen-bond donors (Lipinski definition) is 3. The number of anilines is 1. The maximum atomic E-state index is 11.9. The Labute approximate surface area is 166 Å². The van der Waals surface area contributed by atoms with Gasteiger partial charge >= 0.3 is 7.60 Å². The minimum Gasteiger partial charge on any atom is -0.493 e. The summed E-state index contributed by atoms with van der Waals surface area (Å²) >= 11 is 0. The maximum Gasteiger partial charge on any atom is 0.329 e. The second-order valence-corrected chi connectivity index (χ2v) is 8.28. The van der Waals surface area contributed by atoms with E-state index in [0.717, 1.165) is 12.8 Å². The summed E-state index contributed by atoms with van der Waals surface area (Å²) in [4.78, 5) is 42.4. The van der Waals surface area contributed by atoms with Crippen LogP contribution < -0.4 is 10.5 Å².